The highest BCUT2D eigenvalue weighted by molar-refractivity contribution is 9.10. The lowest BCUT2D eigenvalue weighted by Gasteiger charge is -2.33. The first kappa shape index (κ1) is 11.3. The molecule has 0 unspecified atom stereocenters. The van der Waals surface area contributed by atoms with E-state index in [9.17, 15) is 9.90 Å². The van der Waals surface area contributed by atoms with Gasteiger partial charge in [-0.3, -0.25) is 4.90 Å². The summed E-state index contributed by atoms with van der Waals surface area (Å²) in [5, 5.41) is 19.0. The van der Waals surface area contributed by atoms with E-state index in [1.165, 1.54) is 4.90 Å². The van der Waals surface area contributed by atoms with Gasteiger partial charge >= 0.3 is 6.09 Å². The van der Waals surface area contributed by atoms with Crippen LogP contribution in [0.1, 0.15) is 18.9 Å². The highest BCUT2D eigenvalue weighted by Crippen LogP contribution is 2.40. The Morgan fingerprint density at radius 2 is 2.25 bits per heavy atom. The highest BCUT2D eigenvalue weighted by atomic mass is 79.9. The Morgan fingerprint density at radius 1 is 1.56 bits per heavy atom. The first-order chi connectivity index (χ1) is 7.52. The molecule has 0 fully saturated rings. The third-order valence-electron chi connectivity index (χ3n) is 2.93. The number of phenols is 1. The maximum atomic E-state index is 11.2. The van der Waals surface area contributed by atoms with E-state index in [2.05, 4.69) is 15.9 Å². The SMILES string of the molecule is C[C@H]1CCc2c(ccc(Br)c2O)N1C(=O)O. The van der Waals surface area contributed by atoms with Gasteiger partial charge in [-0.2, -0.15) is 0 Å². The van der Waals surface area contributed by atoms with Crippen molar-refractivity contribution in [3.05, 3.63) is 22.2 Å². The van der Waals surface area contributed by atoms with E-state index in [4.69, 9.17) is 5.11 Å². The number of carbonyl (C=O) groups is 1. The minimum atomic E-state index is -0.977. The molecule has 1 heterocycles. The fourth-order valence-corrected chi connectivity index (χ4v) is 2.45. The van der Waals surface area contributed by atoms with Crippen LogP contribution in [0.2, 0.25) is 0 Å². The van der Waals surface area contributed by atoms with E-state index >= 15 is 0 Å². The van der Waals surface area contributed by atoms with E-state index in [0.29, 0.717) is 22.1 Å². The molecule has 1 aromatic carbocycles. The van der Waals surface area contributed by atoms with Crippen molar-refractivity contribution in [2.24, 2.45) is 0 Å². The van der Waals surface area contributed by atoms with Crippen molar-refractivity contribution in [1.82, 2.24) is 0 Å². The molecule has 5 heteroatoms. The van der Waals surface area contributed by atoms with Crippen molar-refractivity contribution in [2.45, 2.75) is 25.8 Å². The Hall–Kier alpha value is -1.23. The van der Waals surface area contributed by atoms with Crippen LogP contribution >= 0.6 is 15.9 Å². The summed E-state index contributed by atoms with van der Waals surface area (Å²) in [6.07, 6.45) is 0.449. The zero-order chi connectivity index (χ0) is 11.9. The van der Waals surface area contributed by atoms with Crippen LogP contribution in [-0.2, 0) is 6.42 Å². The van der Waals surface area contributed by atoms with Crippen LogP contribution < -0.4 is 4.90 Å². The minimum absolute atomic E-state index is 0.0504. The van der Waals surface area contributed by atoms with Gasteiger partial charge in [0.25, 0.3) is 0 Å². The fourth-order valence-electron chi connectivity index (χ4n) is 2.08. The Morgan fingerprint density at radius 3 is 2.88 bits per heavy atom. The van der Waals surface area contributed by atoms with Gasteiger partial charge in [-0.25, -0.2) is 4.79 Å². The smallest absolute Gasteiger partial charge is 0.412 e. The maximum Gasteiger partial charge on any atom is 0.412 e. The third-order valence-corrected chi connectivity index (χ3v) is 3.57. The summed E-state index contributed by atoms with van der Waals surface area (Å²) < 4.78 is 0.603. The first-order valence-electron chi connectivity index (χ1n) is 5.05. The number of anilines is 1. The van der Waals surface area contributed by atoms with Gasteiger partial charge < -0.3 is 10.2 Å². The summed E-state index contributed by atoms with van der Waals surface area (Å²) in [4.78, 5) is 12.5. The number of carboxylic acid groups (broad SMARTS) is 1. The number of benzene rings is 1. The molecule has 1 aliphatic heterocycles. The number of phenolic OH excluding ortho intramolecular Hbond substituents is 1. The van der Waals surface area contributed by atoms with Gasteiger partial charge in [-0.05, 0) is 47.8 Å². The van der Waals surface area contributed by atoms with Gasteiger partial charge in [0.1, 0.15) is 5.75 Å². The van der Waals surface area contributed by atoms with Gasteiger partial charge in [0, 0.05) is 11.6 Å². The summed E-state index contributed by atoms with van der Waals surface area (Å²) in [6, 6.07) is 3.34. The summed E-state index contributed by atoms with van der Waals surface area (Å²) in [5.74, 6) is 0.149. The minimum Gasteiger partial charge on any atom is -0.506 e. The molecule has 86 valence electrons. The molecule has 16 heavy (non-hydrogen) atoms. The molecule has 1 aromatic rings. The number of nitrogens with zero attached hydrogens (tertiary/aromatic N) is 1. The number of hydrogen-bond donors (Lipinski definition) is 2. The van der Waals surface area contributed by atoms with Crippen LogP contribution in [0.25, 0.3) is 0 Å². The van der Waals surface area contributed by atoms with Crippen LogP contribution in [0.3, 0.4) is 0 Å². The van der Waals surface area contributed by atoms with Crippen molar-refractivity contribution in [3.63, 3.8) is 0 Å². The molecule has 0 aromatic heterocycles. The summed E-state index contributed by atoms with van der Waals surface area (Å²) in [5.41, 5.74) is 1.29. The molecule has 0 aliphatic carbocycles. The molecular formula is C11H12BrNO3. The van der Waals surface area contributed by atoms with E-state index < -0.39 is 6.09 Å². The van der Waals surface area contributed by atoms with Gasteiger partial charge in [-0.15, -0.1) is 0 Å². The van der Waals surface area contributed by atoms with Gasteiger partial charge in [0.05, 0.1) is 10.2 Å². The van der Waals surface area contributed by atoms with Crippen LogP contribution in [0.15, 0.2) is 16.6 Å². The Balaban J connectivity index is 2.57. The van der Waals surface area contributed by atoms with Crippen LogP contribution in [0.5, 0.6) is 5.75 Å². The van der Waals surface area contributed by atoms with Gasteiger partial charge in [0.15, 0.2) is 0 Å². The molecule has 2 N–H and O–H groups in total. The standard InChI is InChI=1S/C11H12BrNO3/c1-6-2-3-7-9(13(6)11(15)16)5-4-8(12)10(7)14/h4-6,14H,2-3H2,1H3,(H,15,16)/t6-/m0/s1. The lowest BCUT2D eigenvalue weighted by molar-refractivity contribution is 0.198. The fraction of sp³-hybridized carbons (Fsp3) is 0.364. The van der Waals surface area contributed by atoms with E-state index in [-0.39, 0.29) is 11.8 Å². The molecule has 0 radical (unpaired) electrons. The summed E-state index contributed by atoms with van der Waals surface area (Å²) in [7, 11) is 0. The summed E-state index contributed by atoms with van der Waals surface area (Å²) >= 11 is 3.23. The van der Waals surface area contributed by atoms with Crippen molar-refractivity contribution in [2.75, 3.05) is 4.90 Å². The molecule has 0 saturated heterocycles. The quantitative estimate of drug-likeness (QED) is 0.770. The van der Waals surface area contributed by atoms with E-state index in [1.54, 1.807) is 12.1 Å². The molecule has 1 aliphatic rings. The Kier molecular flexibility index (Phi) is 2.80. The van der Waals surface area contributed by atoms with Crippen molar-refractivity contribution in [3.8, 4) is 5.75 Å². The zero-order valence-electron chi connectivity index (χ0n) is 8.77. The number of amides is 1. The number of rotatable bonds is 0. The second-order valence-corrected chi connectivity index (χ2v) is 4.79. The average molecular weight is 286 g/mol. The molecule has 0 spiro atoms. The summed E-state index contributed by atoms with van der Waals surface area (Å²) in [6.45, 7) is 1.87. The number of halogens is 1. The van der Waals surface area contributed by atoms with Crippen LogP contribution in [0, 0.1) is 0 Å². The third kappa shape index (κ3) is 1.65. The highest BCUT2D eigenvalue weighted by Gasteiger charge is 2.30. The first-order valence-corrected chi connectivity index (χ1v) is 5.84. The Labute approximate surface area is 102 Å². The molecule has 2 rings (SSSR count). The zero-order valence-corrected chi connectivity index (χ0v) is 10.4. The number of hydrogen-bond acceptors (Lipinski definition) is 2. The second kappa shape index (κ2) is 3.97. The predicted octanol–water partition coefficient (Wildman–Crippen LogP) is 2.97. The van der Waals surface area contributed by atoms with E-state index in [1.807, 2.05) is 6.92 Å². The average Bonchev–Trinajstić information content (AvgIpc) is 2.22. The normalized spacial score (nSPS) is 19.4. The lowest BCUT2D eigenvalue weighted by atomic mass is 9.96. The van der Waals surface area contributed by atoms with Crippen molar-refractivity contribution >= 4 is 27.7 Å². The monoisotopic (exact) mass is 285 g/mol. The maximum absolute atomic E-state index is 11.2. The second-order valence-electron chi connectivity index (χ2n) is 3.93. The van der Waals surface area contributed by atoms with Crippen LogP contribution in [-0.4, -0.2) is 22.3 Å². The topological polar surface area (TPSA) is 60.8 Å². The molecule has 1 amide bonds. The lowest BCUT2D eigenvalue weighted by Crippen LogP contribution is -2.41. The largest absolute Gasteiger partial charge is 0.506 e. The molecule has 0 bridgehead atoms. The number of fused-ring (bicyclic) bond motifs is 1. The van der Waals surface area contributed by atoms with Crippen molar-refractivity contribution in [1.29, 1.82) is 0 Å². The van der Waals surface area contributed by atoms with Gasteiger partial charge in [-0.1, -0.05) is 0 Å². The van der Waals surface area contributed by atoms with Crippen molar-refractivity contribution < 1.29 is 15.0 Å². The number of aromatic hydroxyl groups is 1. The molecule has 0 saturated carbocycles. The molecular weight excluding hydrogens is 274 g/mol. The molecule has 1 atom stereocenters. The van der Waals surface area contributed by atoms with Gasteiger partial charge in [0.2, 0.25) is 0 Å². The van der Waals surface area contributed by atoms with E-state index in [0.717, 1.165) is 6.42 Å². The van der Waals surface area contributed by atoms with Crippen LogP contribution in [0.4, 0.5) is 10.5 Å². The Bertz CT molecular complexity index is 447. The predicted molar refractivity (Wildman–Crippen MR) is 64.1 cm³/mol. The molecule has 4 nitrogen and oxygen atoms in total.